The third-order valence-corrected chi connectivity index (χ3v) is 4.41. The van der Waals surface area contributed by atoms with Crippen LogP contribution in [0.4, 0.5) is 4.79 Å². The molecule has 3 aliphatic heterocycles. The van der Waals surface area contributed by atoms with Crippen LogP contribution < -0.4 is 20.1 Å². The quantitative estimate of drug-likeness (QED) is 0.598. The molecule has 2 saturated heterocycles. The molecule has 0 aromatic heterocycles. The van der Waals surface area contributed by atoms with E-state index < -0.39 is 11.6 Å². The Morgan fingerprint density at radius 1 is 1.25 bits per heavy atom. The molecule has 3 heterocycles. The fourth-order valence-electron chi connectivity index (χ4n) is 3.10. The van der Waals surface area contributed by atoms with E-state index in [2.05, 4.69) is 10.6 Å². The molecule has 8 heteroatoms. The Morgan fingerprint density at radius 2 is 2.08 bits per heavy atom. The Labute approximate surface area is 137 Å². The van der Waals surface area contributed by atoms with Gasteiger partial charge in [0.25, 0.3) is 5.91 Å². The van der Waals surface area contributed by atoms with Crippen LogP contribution in [0.2, 0.25) is 0 Å². The first-order chi connectivity index (χ1) is 11.6. The Bertz CT molecular complexity index is 775. The molecule has 1 atom stereocenters. The maximum absolute atomic E-state index is 12.3. The van der Waals surface area contributed by atoms with Crippen molar-refractivity contribution in [2.24, 2.45) is 0 Å². The molecule has 2 fully saturated rings. The minimum absolute atomic E-state index is 0.175. The predicted octanol–water partition coefficient (Wildman–Crippen LogP) is 0.239. The fraction of sp³-hybridized carbons (Fsp3) is 0.312. The third kappa shape index (κ3) is 2.36. The highest BCUT2D eigenvalue weighted by Gasteiger charge is 2.51. The fourth-order valence-corrected chi connectivity index (χ4v) is 3.10. The molecule has 1 spiro atoms. The number of hydrogen-bond donors (Lipinski definition) is 2. The van der Waals surface area contributed by atoms with Gasteiger partial charge in [0.05, 0.1) is 6.54 Å². The van der Waals surface area contributed by atoms with Gasteiger partial charge in [-0.15, -0.1) is 0 Å². The number of benzene rings is 1. The molecule has 0 aliphatic carbocycles. The van der Waals surface area contributed by atoms with Gasteiger partial charge >= 0.3 is 6.03 Å². The first kappa shape index (κ1) is 14.6. The highest BCUT2D eigenvalue weighted by atomic mass is 16.7. The van der Waals surface area contributed by atoms with Crippen LogP contribution in [-0.2, 0) is 9.59 Å². The van der Waals surface area contributed by atoms with Crippen LogP contribution >= 0.6 is 0 Å². The summed E-state index contributed by atoms with van der Waals surface area (Å²) in [6, 6.07) is 4.90. The number of likely N-dealkylation sites (tertiary alicyclic amines) is 1. The summed E-state index contributed by atoms with van der Waals surface area (Å²) in [5.41, 5.74) is -0.173. The lowest BCUT2D eigenvalue weighted by Crippen LogP contribution is -2.49. The van der Waals surface area contributed by atoms with E-state index in [1.165, 1.54) is 6.08 Å². The second kappa shape index (κ2) is 5.26. The summed E-state index contributed by atoms with van der Waals surface area (Å²) < 4.78 is 10.5. The van der Waals surface area contributed by atoms with E-state index in [0.717, 1.165) is 5.56 Å². The Hall–Kier alpha value is -3.03. The van der Waals surface area contributed by atoms with Gasteiger partial charge in [-0.3, -0.25) is 14.9 Å². The molecule has 1 aromatic carbocycles. The molecular formula is C16H15N3O5. The van der Waals surface area contributed by atoms with E-state index in [1.807, 2.05) is 6.07 Å². The molecular weight excluding hydrogens is 314 g/mol. The zero-order valence-corrected chi connectivity index (χ0v) is 12.7. The van der Waals surface area contributed by atoms with Crippen LogP contribution in [-0.4, -0.2) is 48.2 Å². The zero-order valence-electron chi connectivity index (χ0n) is 12.7. The van der Waals surface area contributed by atoms with Gasteiger partial charge in [0.15, 0.2) is 11.5 Å². The lowest BCUT2D eigenvalue weighted by atomic mass is 10.00. The van der Waals surface area contributed by atoms with Crippen molar-refractivity contribution >= 4 is 23.9 Å². The van der Waals surface area contributed by atoms with E-state index in [0.29, 0.717) is 24.5 Å². The van der Waals surface area contributed by atoms with Gasteiger partial charge in [-0.25, -0.2) is 4.79 Å². The Balaban J connectivity index is 1.43. The van der Waals surface area contributed by atoms with Crippen molar-refractivity contribution < 1.29 is 23.9 Å². The van der Waals surface area contributed by atoms with Crippen LogP contribution in [0, 0.1) is 0 Å². The normalized spacial score (nSPS) is 24.8. The number of urea groups is 1. The maximum Gasteiger partial charge on any atom is 0.322 e. The molecule has 8 nitrogen and oxygen atoms in total. The number of nitrogens with zero attached hydrogens (tertiary/aromatic N) is 1. The van der Waals surface area contributed by atoms with E-state index in [4.69, 9.17) is 9.47 Å². The molecule has 24 heavy (non-hydrogen) atoms. The van der Waals surface area contributed by atoms with Crippen LogP contribution in [0.25, 0.3) is 6.08 Å². The monoisotopic (exact) mass is 329 g/mol. The van der Waals surface area contributed by atoms with E-state index in [-0.39, 0.29) is 25.2 Å². The van der Waals surface area contributed by atoms with Crippen molar-refractivity contribution in [2.75, 3.05) is 19.9 Å². The van der Waals surface area contributed by atoms with Gasteiger partial charge in [-0.1, -0.05) is 6.07 Å². The number of carbonyl (C=O) groups excluding carboxylic acids is 3. The number of rotatable bonds is 2. The Kier molecular flexibility index (Phi) is 3.19. The predicted molar refractivity (Wildman–Crippen MR) is 82.2 cm³/mol. The van der Waals surface area contributed by atoms with E-state index in [9.17, 15) is 14.4 Å². The highest BCUT2D eigenvalue weighted by Crippen LogP contribution is 2.33. The van der Waals surface area contributed by atoms with Gasteiger partial charge in [0, 0.05) is 12.6 Å². The summed E-state index contributed by atoms with van der Waals surface area (Å²) >= 11 is 0. The average molecular weight is 329 g/mol. The summed E-state index contributed by atoms with van der Waals surface area (Å²) in [6.07, 6.45) is 3.54. The van der Waals surface area contributed by atoms with Gasteiger partial charge in [0.1, 0.15) is 5.54 Å². The summed E-state index contributed by atoms with van der Waals surface area (Å²) in [4.78, 5) is 37.1. The lowest BCUT2D eigenvalue weighted by molar-refractivity contribution is -0.126. The molecule has 2 N–H and O–H groups in total. The topological polar surface area (TPSA) is 97.0 Å². The van der Waals surface area contributed by atoms with Crippen LogP contribution in [0.5, 0.6) is 11.5 Å². The summed E-state index contributed by atoms with van der Waals surface area (Å²) in [5.74, 6) is 0.749. The molecule has 124 valence electrons. The van der Waals surface area contributed by atoms with Gasteiger partial charge in [-0.05, 0) is 30.2 Å². The van der Waals surface area contributed by atoms with Crippen molar-refractivity contribution in [1.82, 2.24) is 15.5 Å². The van der Waals surface area contributed by atoms with Crippen molar-refractivity contribution in [3.63, 3.8) is 0 Å². The summed E-state index contributed by atoms with van der Waals surface area (Å²) in [7, 11) is 0. The second-order valence-electron chi connectivity index (χ2n) is 5.95. The van der Waals surface area contributed by atoms with Crippen LogP contribution in [0.15, 0.2) is 24.3 Å². The van der Waals surface area contributed by atoms with Gasteiger partial charge in [-0.2, -0.15) is 0 Å². The largest absolute Gasteiger partial charge is 0.454 e. The van der Waals surface area contributed by atoms with Crippen molar-refractivity contribution in [1.29, 1.82) is 0 Å². The SMILES string of the molecule is O=C1NC(=O)C2(CCN(C(=O)/C=C/c3ccc4c(c3)OCO4)C2)N1. The standard InChI is InChI=1S/C16H15N3O5/c20-13(4-2-10-1-3-11-12(7-10)24-9-23-11)19-6-5-16(8-19)14(21)17-15(22)18-16/h1-4,7H,5-6,8-9H2,(H2,17,18,21,22)/b4-2+. The molecule has 4 amide bonds. The Morgan fingerprint density at radius 3 is 2.88 bits per heavy atom. The number of imide groups is 1. The summed E-state index contributed by atoms with van der Waals surface area (Å²) in [6.45, 7) is 0.790. The number of nitrogens with one attached hydrogen (secondary N) is 2. The van der Waals surface area contributed by atoms with Gasteiger partial charge < -0.3 is 19.7 Å². The van der Waals surface area contributed by atoms with Crippen LogP contribution in [0.1, 0.15) is 12.0 Å². The maximum atomic E-state index is 12.3. The van der Waals surface area contributed by atoms with Crippen molar-refractivity contribution in [3.05, 3.63) is 29.8 Å². The highest BCUT2D eigenvalue weighted by molar-refractivity contribution is 6.08. The average Bonchev–Trinajstić information content (AvgIpc) is 3.25. The second-order valence-corrected chi connectivity index (χ2v) is 5.95. The molecule has 0 radical (unpaired) electrons. The number of hydrogen-bond acceptors (Lipinski definition) is 5. The van der Waals surface area contributed by atoms with E-state index >= 15 is 0 Å². The molecule has 1 unspecified atom stereocenters. The van der Waals surface area contributed by atoms with Crippen LogP contribution in [0.3, 0.4) is 0 Å². The zero-order chi connectivity index (χ0) is 16.7. The summed E-state index contributed by atoms with van der Waals surface area (Å²) in [5, 5.41) is 4.84. The smallest absolute Gasteiger partial charge is 0.322 e. The molecule has 3 aliphatic rings. The lowest BCUT2D eigenvalue weighted by Gasteiger charge is -2.20. The molecule has 0 bridgehead atoms. The number of ether oxygens (including phenoxy) is 2. The minimum Gasteiger partial charge on any atom is -0.454 e. The third-order valence-electron chi connectivity index (χ3n) is 4.41. The number of amides is 4. The van der Waals surface area contributed by atoms with E-state index in [1.54, 1.807) is 23.1 Å². The van der Waals surface area contributed by atoms with Crippen molar-refractivity contribution in [2.45, 2.75) is 12.0 Å². The first-order valence-electron chi connectivity index (χ1n) is 7.56. The van der Waals surface area contributed by atoms with Gasteiger partial charge in [0.2, 0.25) is 12.7 Å². The molecule has 0 saturated carbocycles. The first-order valence-corrected chi connectivity index (χ1v) is 7.56. The number of fused-ring (bicyclic) bond motifs is 1. The molecule has 4 rings (SSSR count). The minimum atomic E-state index is -0.987. The molecule has 1 aromatic rings. The number of carbonyl (C=O) groups is 3. The van der Waals surface area contributed by atoms with Crippen molar-refractivity contribution in [3.8, 4) is 11.5 Å².